The average molecular weight is 542 g/mol. The van der Waals surface area contributed by atoms with Crippen LogP contribution in [-0.2, 0) is 29.6 Å². The minimum absolute atomic E-state index is 0.0516. The second-order valence-corrected chi connectivity index (χ2v) is 12.0. The molecule has 3 rings (SSSR count). The minimum atomic E-state index is -3.86. The zero-order valence-electron chi connectivity index (χ0n) is 20.6. The molecule has 13 heteroatoms. The van der Waals surface area contributed by atoms with Crippen molar-refractivity contribution in [3.05, 3.63) is 42.5 Å². The van der Waals surface area contributed by atoms with Crippen molar-refractivity contribution >= 4 is 37.3 Å². The number of nitrogens with one attached hydrogen (secondary N) is 1. The third-order valence-electron chi connectivity index (χ3n) is 5.66. The summed E-state index contributed by atoms with van der Waals surface area (Å²) < 4.78 is 68.6. The smallest absolute Gasteiger partial charge is 0.265 e. The summed E-state index contributed by atoms with van der Waals surface area (Å²) >= 11 is 0. The Hall–Kier alpha value is -2.87. The van der Waals surface area contributed by atoms with Gasteiger partial charge in [-0.1, -0.05) is 6.92 Å². The number of carbonyl (C=O) groups excluding carboxylic acids is 1. The number of hydrogen-bond donors (Lipinski definition) is 1. The first-order chi connectivity index (χ1) is 17.0. The molecule has 11 nitrogen and oxygen atoms in total. The number of amides is 1. The van der Waals surface area contributed by atoms with E-state index in [0.29, 0.717) is 31.1 Å². The highest BCUT2D eigenvalue weighted by Crippen LogP contribution is 2.30. The van der Waals surface area contributed by atoms with Crippen molar-refractivity contribution in [2.24, 2.45) is 0 Å². The fourth-order valence-electron chi connectivity index (χ4n) is 3.52. The molecule has 0 bridgehead atoms. The second kappa shape index (κ2) is 11.5. The number of methoxy groups -OCH3 is 1. The Kier molecular flexibility index (Phi) is 8.82. The number of rotatable bonds is 10. The molecule has 198 valence electrons. The van der Waals surface area contributed by atoms with Crippen LogP contribution in [0.4, 0.5) is 11.4 Å². The highest BCUT2D eigenvalue weighted by molar-refractivity contribution is 7.92. The quantitative estimate of drug-likeness (QED) is 0.483. The number of hydrogen-bond acceptors (Lipinski definition) is 8. The molecular formula is C23H31N3O8S2. The first-order valence-electron chi connectivity index (χ1n) is 11.2. The number of nitrogens with zero attached hydrogens (tertiary/aromatic N) is 2. The third-order valence-corrected chi connectivity index (χ3v) is 8.78. The number of anilines is 2. The Labute approximate surface area is 212 Å². The van der Waals surface area contributed by atoms with Crippen LogP contribution in [0.25, 0.3) is 0 Å². The van der Waals surface area contributed by atoms with Gasteiger partial charge in [0.2, 0.25) is 20.0 Å². The van der Waals surface area contributed by atoms with E-state index in [9.17, 15) is 21.6 Å². The molecule has 2 aromatic rings. The van der Waals surface area contributed by atoms with E-state index in [2.05, 4.69) is 5.32 Å². The van der Waals surface area contributed by atoms with Crippen LogP contribution in [0.1, 0.15) is 13.3 Å². The van der Waals surface area contributed by atoms with E-state index in [0.717, 1.165) is 10.6 Å². The molecule has 0 aromatic heterocycles. The van der Waals surface area contributed by atoms with Gasteiger partial charge in [-0.05, 0) is 48.9 Å². The third kappa shape index (κ3) is 6.46. The molecule has 1 fully saturated rings. The van der Waals surface area contributed by atoms with Gasteiger partial charge in [-0.3, -0.25) is 9.10 Å². The molecule has 1 heterocycles. The molecule has 1 N–H and O–H groups in total. The van der Waals surface area contributed by atoms with Crippen molar-refractivity contribution < 1.29 is 35.8 Å². The van der Waals surface area contributed by atoms with Crippen molar-refractivity contribution in [2.75, 3.05) is 56.3 Å². The van der Waals surface area contributed by atoms with Crippen molar-refractivity contribution in [2.45, 2.75) is 24.3 Å². The van der Waals surface area contributed by atoms with Gasteiger partial charge in [-0.25, -0.2) is 16.8 Å². The lowest BCUT2D eigenvalue weighted by Crippen LogP contribution is -2.40. The van der Waals surface area contributed by atoms with E-state index in [4.69, 9.17) is 14.2 Å². The molecule has 0 unspecified atom stereocenters. The van der Waals surface area contributed by atoms with Gasteiger partial charge in [0, 0.05) is 25.8 Å². The Morgan fingerprint density at radius 2 is 1.75 bits per heavy atom. The van der Waals surface area contributed by atoms with Gasteiger partial charge < -0.3 is 19.5 Å². The number of sulfonamides is 2. The van der Waals surface area contributed by atoms with Crippen molar-refractivity contribution in [1.82, 2.24) is 4.31 Å². The summed E-state index contributed by atoms with van der Waals surface area (Å²) in [6.45, 7) is 2.84. The standard InChI is InChI=1S/C23H31N3O8S2/c1-5-20(34-19-9-7-18(8-10-19)25(2)35(4,28)29)23(27)24-17-6-11-21(32-3)22(16-17)36(30,31)26-12-14-33-15-13-26/h6-11,16,20H,5,12-15H2,1-4H3,(H,24,27)/t20-/m0/s1. The van der Waals surface area contributed by atoms with Gasteiger partial charge in [0.05, 0.1) is 32.3 Å². The molecule has 1 aliphatic heterocycles. The zero-order chi connectivity index (χ0) is 26.5. The van der Waals surface area contributed by atoms with E-state index in [1.807, 2.05) is 0 Å². The Morgan fingerprint density at radius 3 is 2.31 bits per heavy atom. The lowest BCUT2D eigenvalue weighted by Gasteiger charge is -2.27. The summed E-state index contributed by atoms with van der Waals surface area (Å²) in [5.74, 6) is 0.0876. The van der Waals surface area contributed by atoms with Gasteiger partial charge in [0.15, 0.2) is 6.10 Å². The van der Waals surface area contributed by atoms with Gasteiger partial charge in [-0.15, -0.1) is 0 Å². The zero-order valence-corrected chi connectivity index (χ0v) is 22.3. The van der Waals surface area contributed by atoms with Gasteiger partial charge >= 0.3 is 0 Å². The highest BCUT2D eigenvalue weighted by atomic mass is 32.2. The van der Waals surface area contributed by atoms with Crippen LogP contribution in [0, 0.1) is 0 Å². The molecule has 0 spiro atoms. The lowest BCUT2D eigenvalue weighted by molar-refractivity contribution is -0.122. The van der Waals surface area contributed by atoms with Crippen molar-refractivity contribution in [3.8, 4) is 11.5 Å². The number of morpholine rings is 1. The van der Waals surface area contributed by atoms with Crippen LogP contribution in [0.15, 0.2) is 47.4 Å². The second-order valence-electron chi connectivity index (χ2n) is 8.11. The summed E-state index contributed by atoms with van der Waals surface area (Å²) in [4.78, 5) is 12.9. The topological polar surface area (TPSA) is 132 Å². The Bertz CT molecular complexity index is 1270. The largest absolute Gasteiger partial charge is 0.495 e. The normalized spacial score (nSPS) is 15.7. The predicted octanol–water partition coefficient (Wildman–Crippen LogP) is 1.91. The molecule has 1 amide bonds. The SMILES string of the molecule is CC[C@H](Oc1ccc(N(C)S(C)(=O)=O)cc1)C(=O)Nc1ccc(OC)c(S(=O)(=O)N2CCOCC2)c1. The molecule has 0 radical (unpaired) electrons. The summed E-state index contributed by atoms with van der Waals surface area (Å²) in [7, 11) is -4.44. The molecule has 1 atom stereocenters. The maximum absolute atomic E-state index is 13.2. The number of carbonyl (C=O) groups is 1. The molecule has 0 aliphatic carbocycles. The number of ether oxygens (including phenoxy) is 3. The Balaban J connectivity index is 1.76. The van der Waals surface area contributed by atoms with Crippen LogP contribution < -0.4 is 19.1 Å². The first-order valence-corrected chi connectivity index (χ1v) is 14.5. The van der Waals surface area contributed by atoms with E-state index in [-0.39, 0.29) is 29.4 Å². The van der Waals surface area contributed by atoms with Gasteiger partial charge in [-0.2, -0.15) is 4.31 Å². The maximum atomic E-state index is 13.2. The van der Waals surface area contributed by atoms with Crippen LogP contribution >= 0.6 is 0 Å². The van der Waals surface area contributed by atoms with E-state index in [1.165, 1.54) is 30.6 Å². The van der Waals surface area contributed by atoms with E-state index in [1.54, 1.807) is 37.3 Å². The van der Waals surface area contributed by atoms with Crippen molar-refractivity contribution in [1.29, 1.82) is 0 Å². The molecule has 1 aliphatic rings. The van der Waals surface area contributed by atoms with Gasteiger partial charge in [0.25, 0.3) is 5.91 Å². The van der Waals surface area contributed by atoms with Crippen LogP contribution in [0.3, 0.4) is 0 Å². The Morgan fingerprint density at radius 1 is 1.11 bits per heavy atom. The fraction of sp³-hybridized carbons (Fsp3) is 0.435. The average Bonchev–Trinajstić information content (AvgIpc) is 2.87. The van der Waals surface area contributed by atoms with Gasteiger partial charge in [0.1, 0.15) is 16.4 Å². The van der Waals surface area contributed by atoms with Crippen LogP contribution in [0.5, 0.6) is 11.5 Å². The van der Waals surface area contributed by atoms with E-state index < -0.39 is 32.1 Å². The summed E-state index contributed by atoms with van der Waals surface area (Å²) in [6.07, 6.45) is 0.572. The number of benzene rings is 2. The first kappa shape index (κ1) is 27.7. The minimum Gasteiger partial charge on any atom is -0.495 e. The summed E-state index contributed by atoms with van der Waals surface area (Å²) in [5, 5.41) is 2.71. The predicted molar refractivity (Wildman–Crippen MR) is 136 cm³/mol. The molecule has 0 saturated carbocycles. The molecule has 2 aromatic carbocycles. The van der Waals surface area contributed by atoms with Crippen LogP contribution in [-0.4, -0.2) is 79.9 Å². The molecule has 1 saturated heterocycles. The van der Waals surface area contributed by atoms with E-state index >= 15 is 0 Å². The summed E-state index contributed by atoms with van der Waals surface area (Å²) in [6, 6.07) is 10.7. The monoisotopic (exact) mass is 541 g/mol. The highest BCUT2D eigenvalue weighted by Gasteiger charge is 2.30. The van der Waals surface area contributed by atoms with Crippen molar-refractivity contribution in [3.63, 3.8) is 0 Å². The maximum Gasteiger partial charge on any atom is 0.265 e. The molecular weight excluding hydrogens is 510 g/mol. The summed E-state index contributed by atoms with van der Waals surface area (Å²) in [5.41, 5.74) is 0.731. The fourth-order valence-corrected chi connectivity index (χ4v) is 5.61. The molecule has 36 heavy (non-hydrogen) atoms. The lowest BCUT2D eigenvalue weighted by atomic mass is 10.2. The van der Waals surface area contributed by atoms with Crippen LogP contribution in [0.2, 0.25) is 0 Å².